The summed E-state index contributed by atoms with van der Waals surface area (Å²) in [6.07, 6.45) is 0. The smallest absolute Gasteiger partial charge is 0.194 e. The van der Waals surface area contributed by atoms with E-state index in [0.29, 0.717) is 6.54 Å². The summed E-state index contributed by atoms with van der Waals surface area (Å²) in [6.45, 7) is 4.40. The Morgan fingerprint density at radius 1 is 1.11 bits per heavy atom. The molecule has 0 spiro atoms. The van der Waals surface area contributed by atoms with Gasteiger partial charge in [-0.3, -0.25) is 0 Å². The third-order valence-electron chi connectivity index (χ3n) is 2.99. The van der Waals surface area contributed by atoms with Gasteiger partial charge < -0.3 is 5.32 Å². The van der Waals surface area contributed by atoms with Crippen molar-refractivity contribution in [1.82, 2.24) is 5.32 Å². The van der Waals surface area contributed by atoms with E-state index in [1.54, 1.807) is 0 Å². The number of nitrogens with one attached hydrogen (secondary N) is 1. The maximum absolute atomic E-state index is 13.9. The predicted molar refractivity (Wildman–Crippen MR) is 70.9 cm³/mol. The van der Waals surface area contributed by atoms with Crippen LogP contribution in [0.2, 0.25) is 0 Å². The summed E-state index contributed by atoms with van der Waals surface area (Å²) in [5.41, 5.74) is 1.01. The van der Waals surface area contributed by atoms with Gasteiger partial charge in [-0.15, -0.1) is 11.3 Å². The molecule has 0 saturated carbocycles. The summed E-state index contributed by atoms with van der Waals surface area (Å²) in [4.78, 5) is 1.02. The lowest BCUT2D eigenvalue weighted by molar-refractivity contribution is 0.433. The van der Waals surface area contributed by atoms with Crippen LogP contribution in [0.15, 0.2) is 23.6 Å². The average Bonchev–Trinajstić information content (AvgIpc) is 2.80. The van der Waals surface area contributed by atoms with Gasteiger partial charge in [-0.1, -0.05) is 13.0 Å². The van der Waals surface area contributed by atoms with Gasteiger partial charge in [0.15, 0.2) is 17.5 Å². The molecule has 102 valence electrons. The van der Waals surface area contributed by atoms with E-state index in [4.69, 9.17) is 0 Å². The highest BCUT2D eigenvalue weighted by molar-refractivity contribution is 7.10. The highest BCUT2D eigenvalue weighted by Gasteiger charge is 2.23. The molecule has 2 rings (SSSR count). The fourth-order valence-corrected chi connectivity index (χ4v) is 2.79. The van der Waals surface area contributed by atoms with Crippen molar-refractivity contribution < 1.29 is 13.2 Å². The normalized spacial score (nSPS) is 12.7. The highest BCUT2D eigenvalue weighted by atomic mass is 32.1. The molecule has 1 unspecified atom stereocenters. The van der Waals surface area contributed by atoms with E-state index in [0.717, 1.165) is 16.5 Å². The third kappa shape index (κ3) is 2.67. The van der Waals surface area contributed by atoms with Gasteiger partial charge >= 0.3 is 0 Å². The van der Waals surface area contributed by atoms with Gasteiger partial charge in [-0.05, 0) is 36.5 Å². The van der Waals surface area contributed by atoms with Crippen molar-refractivity contribution >= 4 is 11.3 Å². The molecule has 5 heteroatoms. The van der Waals surface area contributed by atoms with E-state index in [2.05, 4.69) is 5.32 Å². The third-order valence-corrected chi connectivity index (χ3v) is 3.86. The number of aryl methyl sites for hydroxylation is 1. The summed E-state index contributed by atoms with van der Waals surface area (Å²) in [5.74, 6) is -3.72. The number of hydrogen-bond acceptors (Lipinski definition) is 2. The highest BCUT2D eigenvalue weighted by Crippen LogP contribution is 2.30. The van der Waals surface area contributed by atoms with E-state index in [9.17, 15) is 13.2 Å². The zero-order valence-electron chi connectivity index (χ0n) is 10.6. The Bertz CT molecular complexity index is 580. The second-order valence-electron chi connectivity index (χ2n) is 4.19. The first-order chi connectivity index (χ1) is 9.06. The van der Waals surface area contributed by atoms with E-state index in [1.807, 2.05) is 25.3 Å². The minimum absolute atomic E-state index is 0.127. The zero-order valence-corrected chi connectivity index (χ0v) is 11.5. The molecule has 0 aliphatic heterocycles. The summed E-state index contributed by atoms with van der Waals surface area (Å²) in [7, 11) is 0. The number of benzene rings is 1. The molecule has 0 aliphatic rings. The Morgan fingerprint density at radius 3 is 2.42 bits per heavy atom. The van der Waals surface area contributed by atoms with Crippen LogP contribution in [0.5, 0.6) is 0 Å². The van der Waals surface area contributed by atoms with Crippen molar-refractivity contribution in [3.05, 3.63) is 57.0 Å². The zero-order chi connectivity index (χ0) is 14.0. The largest absolute Gasteiger partial charge is 0.306 e. The lowest BCUT2D eigenvalue weighted by Crippen LogP contribution is -2.23. The Labute approximate surface area is 114 Å². The molecule has 1 aromatic heterocycles. The quantitative estimate of drug-likeness (QED) is 0.831. The van der Waals surface area contributed by atoms with Gasteiger partial charge in [-0.25, -0.2) is 13.2 Å². The van der Waals surface area contributed by atoms with Crippen molar-refractivity contribution in [3.8, 4) is 0 Å². The number of rotatable bonds is 4. The maximum Gasteiger partial charge on any atom is 0.194 e. The first-order valence-corrected chi connectivity index (χ1v) is 6.85. The van der Waals surface area contributed by atoms with Crippen LogP contribution in [0.25, 0.3) is 0 Å². The Morgan fingerprint density at radius 2 is 1.84 bits per heavy atom. The van der Waals surface area contributed by atoms with Crippen molar-refractivity contribution in [3.63, 3.8) is 0 Å². The average molecular weight is 285 g/mol. The summed E-state index contributed by atoms with van der Waals surface area (Å²) >= 11 is 1.54. The van der Waals surface area contributed by atoms with E-state index in [1.165, 1.54) is 17.4 Å². The van der Waals surface area contributed by atoms with Crippen LogP contribution in [0.4, 0.5) is 13.2 Å². The van der Waals surface area contributed by atoms with Gasteiger partial charge in [0, 0.05) is 10.4 Å². The molecule has 2 aromatic rings. The number of thiophene rings is 1. The maximum atomic E-state index is 13.9. The van der Waals surface area contributed by atoms with Crippen LogP contribution in [-0.2, 0) is 0 Å². The number of halogens is 3. The van der Waals surface area contributed by atoms with Crippen LogP contribution in [0.3, 0.4) is 0 Å². The minimum atomic E-state index is -1.42. The molecule has 0 radical (unpaired) electrons. The lowest BCUT2D eigenvalue weighted by atomic mass is 9.98. The first-order valence-electron chi connectivity index (χ1n) is 5.97. The Hall–Kier alpha value is -1.33. The monoisotopic (exact) mass is 285 g/mol. The van der Waals surface area contributed by atoms with Crippen molar-refractivity contribution in [2.45, 2.75) is 19.9 Å². The Balaban J connectivity index is 2.52. The molecule has 1 aromatic carbocycles. The van der Waals surface area contributed by atoms with Gasteiger partial charge in [0.05, 0.1) is 6.04 Å². The summed E-state index contributed by atoms with van der Waals surface area (Å²) in [6, 6.07) is 3.65. The van der Waals surface area contributed by atoms with Crippen LogP contribution in [0.1, 0.15) is 29.0 Å². The van der Waals surface area contributed by atoms with Crippen LogP contribution in [0, 0.1) is 24.4 Å². The van der Waals surface area contributed by atoms with Crippen LogP contribution in [-0.4, -0.2) is 6.54 Å². The summed E-state index contributed by atoms with van der Waals surface area (Å²) < 4.78 is 40.3. The fourth-order valence-electron chi connectivity index (χ4n) is 2.05. The molecule has 0 aliphatic carbocycles. The molecule has 0 amide bonds. The molecule has 1 N–H and O–H groups in total. The topological polar surface area (TPSA) is 12.0 Å². The van der Waals surface area contributed by atoms with Gasteiger partial charge in [-0.2, -0.15) is 0 Å². The lowest BCUT2D eigenvalue weighted by Gasteiger charge is -2.19. The molecule has 0 fully saturated rings. The first kappa shape index (κ1) is 14.1. The number of hydrogen-bond donors (Lipinski definition) is 1. The van der Waals surface area contributed by atoms with Crippen LogP contribution >= 0.6 is 11.3 Å². The van der Waals surface area contributed by atoms with Crippen molar-refractivity contribution in [1.29, 1.82) is 0 Å². The van der Waals surface area contributed by atoms with Gasteiger partial charge in [0.25, 0.3) is 0 Å². The molecular formula is C14H14F3NS. The van der Waals surface area contributed by atoms with Gasteiger partial charge in [0.1, 0.15) is 0 Å². The molecule has 0 bridgehead atoms. The van der Waals surface area contributed by atoms with Crippen molar-refractivity contribution in [2.24, 2.45) is 0 Å². The van der Waals surface area contributed by atoms with E-state index >= 15 is 0 Å². The molecule has 1 heterocycles. The molecule has 1 atom stereocenters. The van der Waals surface area contributed by atoms with Crippen molar-refractivity contribution in [2.75, 3.05) is 6.54 Å². The van der Waals surface area contributed by atoms with E-state index < -0.39 is 23.5 Å². The molecular weight excluding hydrogens is 271 g/mol. The SMILES string of the molecule is CCNC(c1ccsc1C)c1ccc(F)c(F)c1F. The predicted octanol–water partition coefficient (Wildman–Crippen LogP) is 4.17. The minimum Gasteiger partial charge on any atom is -0.306 e. The molecule has 19 heavy (non-hydrogen) atoms. The second kappa shape index (κ2) is 5.75. The summed E-state index contributed by atoms with van der Waals surface area (Å²) in [5, 5.41) is 5.00. The second-order valence-corrected chi connectivity index (χ2v) is 5.31. The van der Waals surface area contributed by atoms with Gasteiger partial charge in [0.2, 0.25) is 0 Å². The standard InChI is InChI=1S/C14H14F3NS/c1-3-18-14(9-6-7-19-8(9)2)10-4-5-11(15)13(17)12(10)16/h4-7,14,18H,3H2,1-2H3. The Kier molecular flexibility index (Phi) is 4.27. The van der Waals surface area contributed by atoms with Crippen LogP contribution < -0.4 is 5.32 Å². The fraction of sp³-hybridized carbons (Fsp3) is 0.286. The molecule has 0 saturated heterocycles. The molecule has 1 nitrogen and oxygen atoms in total. The van der Waals surface area contributed by atoms with E-state index in [-0.39, 0.29) is 5.56 Å².